The van der Waals surface area contributed by atoms with E-state index in [2.05, 4.69) is 266 Å². The first-order valence-corrected chi connectivity index (χ1v) is 29.0. The van der Waals surface area contributed by atoms with Crippen molar-refractivity contribution in [2.45, 2.75) is 178 Å². The van der Waals surface area contributed by atoms with Gasteiger partial charge in [-0.25, -0.2) is 0 Å². The van der Waals surface area contributed by atoms with Gasteiger partial charge in [0, 0.05) is 33.1 Å². The van der Waals surface area contributed by atoms with Crippen molar-refractivity contribution in [3.05, 3.63) is 191 Å². The quantitative estimate of drug-likeness (QED) is 0.133. The van der Waals surface area contributed by atoms with E-state index >= 15 is 0 Å². The van der Waals surface area contributed by atoms with Crippen LogP contribution in [0.3, 0.4) is 0 Å². The van der Waals surface area contributed by atoms with Crippen LogP contribution in [0.15, 0.2) is 158 Å². The second kappa shape index (κ2) is 41.2. The molecule has 1 fully saturated rings. The number of hydrogen-bond acceptors (Lipinski definition) is 0. The summed E-state index contributed by atoms with van der Waals surface area (Å²) in [6.45, 7) is 38.2. The zero-order valence-corrected chi connectivity index (χ0v) is 52.6. The van der Waals surface area contributed by atoms with Crippen LogP contribution in [0.2, 0.25) is 0 Å². The van der Waals surface area contributed by atoms with Gasteiger partial charge in [-0.1, -0.05) is 297 Å². The van der Waals surface area contributed by atoms with E-state index in [1.54, 1.807) is 0 Å². The normalized spacial score (nSPS) is 15.1. The maximum absolute atomic E-state index is 5.79. The van der Waals surface area contributed by atoms with Gasteiger partial charge in [0.25, 0.3) is 0 Å². The van der Waals surface area contributed by atoms with Crippen molar-refractivity contribution in [3.8, 4) is 72.6 Å². The SMILES string of the molecule is C.C.C#CC1(C)CC(C)(C)C(C)CC1(C)C#CC.C#Cc1cc2ccccc2cc1C#CC.C#Cc1ccc2ccccc2c1C#CC.CCC.CCC.CCC.CCC.Cc1ccc2ccccc2c1.Cc1cccc2ccccc12. The molecule has 82 heavy (non-hydrogen) atoms. The molecule has 0 spiro atoms. The molecule has 9 rings (SSSR count). The molecule has 0 aromatic heterocycles. The minimum absolute atomic E-state index is 0. The van der Waals surface area contributed by atoms with Gasteiger partial charge in [0.05, 0.1) is 0 Å². The summed E-state index contributed by atoms with van der Waals surface area (Å²) in [5, 5.41) is 9.96. The second-order valence-electron chi connectivity index (χ2n) is 21.4. The number of benzene rings is 8. The molecule has 8 aromatic carbocycles. The Kier molecular flexibility index (Phi) is 38.3. The van der Waals surface area contributed by atoms with E-state index in [1.165, 1.54) is 69.1 Å². The molecular formula is C82H104. The summed E-state index contributed by atoms with van der Waals surface area (Å²) < 4.78 is 0. The highest BCUT2D eigenvalue weighted by atomic mass is 14.5. The Hall–Kier alpha value is -7.84. The van der Waals surface area contributed by atoms with Crippen molar-refractivity contribution in [2.24, 2.45) is 22.2 Å². The first kappa shape index (κ1) is 76.2. The first-order chi connectivity index (χ1) is 38.3. The molecule has 1 aliphatic rings. The summed E-state index contributed by atoms with van der Waals surface area (Å²) in [6.07, 6.45) is 23.9. The Bertz CT molecular complexity index is 3410. The van der Waals surface area contributed by atoms with E-state index in [4.69, 9.17) is 19.3 Å². The zero-order valence-electron chi connectivity index (χ0n) is 52.6. The van der Waals surface area contributed by atoms with Crippen molar-refractivity contribution < 1.29 is 0 Å². The topological polar surface area (TPSA) is 0 Å². The predicted octanol–water partition coefficient (Wildman–Crippen LogP) is 23.7. The Morgan fingerprint density at radius 2 is 0.854 bits per heavy atom. The van der Waals surface area contributed by atoms with Gasteiger partial charge in [0.1, 0.15) is 0 Å². The van der Waals surface area contributed by atoms with Crippen LogP contribution in [-0.2, 0) is 0 Å². The summed E-state index contributed by atoms with van der Waals surface area (Å²) in [4.78, 5) is 0. The molecule has 0 amide bonds. The molecule has 0 nitrogen and oxygen atoms in total. The third kappa shape index (κ3) is 24.1. The number of aryl methyl sites for hydroxylation is 2. The van der Waals surface area contributed by atoms with Crippen LogP contribution in [0.25, 0.3) is 43.1 Å². The lowest BCUT2D eigenvalue weighted by molar-refractivity contribution is -0.00246. The molecular weight excluding hydrogens is 985 g/mol. The van der Waals surface area contributed by atoms with E-state index in [9.17, 15) is 0 Å². The molecule has 0 aliphatic heterocycles. The minimum Gasteiger partial charge on any atom is -0.119 e. The van der Waals surface area contributed by atoms with Gasteiger partial charge in [0.2, 0.25) is 0 Å². The Morgan fingerprint density at radius 1 is 0.439 bits per heavy atom. The fourth-order valence-corrected chi connectivity index (χ4v) is 9.02. The molecule has 1 aliphatic carbocycles. The molecule has 0 N–H and O–H groups in total. The van der Waals surface area contributed by atoms with Gasteiger partial charge in [-0.3, -0.25) is 0 Å². The van der Waals surface area contributed by atoms with Crippen molar-refractivity contribution in [3.63, 3.8) is 0 Å². The van der Waals surface area contributed by atoms with Crippen LogP contribution in [0, 0.1) is 109 Å². The molecule has 0 saturated heterocycles. The maximum atomic E-state index is 5.79. The molecule has 3 unspecified atom stereocenters. The van der Waals surface area contributed by atoms with Crippen LogP contribution in [0.5, 0.6) is 0 Å². The second-order valence-corrected chi connectivity index (χ2v) is 21.4. The molecule has 0 heterocycles. The molecule has 0 radical (unpaired) electrons. The van der Waals surface area contributed by atoms with Gasteiger partial charge in [-0.2, -0.15) is 0 Å². The van der Waals surface area contributed by atoms with Gasteiger partial charge >= 0.3 is 0 Å². The lowest BCUT2D eigenvalue weighted by Crippen LogP contribution is -2.48. The molecule has 1 saturated carbocycles. The third-order valence-corrected chi connectivity index (χ3v) is 13.3. The highest BCUT2D eigenvalue weighted by Gasteiger charge is 2.52. The van der Waals surface area contributed by atoms with Crippen molar-refractivity contribution in [2.75, 3.05) is 0 Å². The van der Waals surface area contributed by atoms with Gasteiger partial charge in [0.15, 0.2) is 0 Å². The Morgan fingerprint density at radius 3 is 1.32 bits per heavy atom. The standard InChI is InChI=1S/C16H24.2C15H10.2C11H10.4C3H8.2CH4/c1-8-10-16(7)11-13(3)14(4,5)12-15(16,6)9-2;1-3-7-13-11-15-9-6-5-8-14(15)10-12(13)4-2;1-3-7-14-12(4-2)10-11-13-8-5-6-9-15(13)14;1-9-5-4-7-10-6-2-3-8-11(9)10;1-9-6-7-10-4-2-3-5-11(10)8-9;4*1-3-2;;/h2,13H,11-12H2,1,3-7H3;2*2,5-6,8-11H,1H3;2*2-8H,1H3;4*3H2,1-2H3;2*1H4. The molecule has 0 bridgehead atoms. The summed E-state index contributed by atoms with van der Waals surface area (Å²) in [6, 6.07) is 54.1. The highest BCUT2D eigenvalue weighted by Crippen LogP contribution is 2.58. The Balaban J connectivity index is 0. The summed E-state index contributed by atoms with van der Waals surface area (Å²) in [7, 11) is 0. The fraction of sp³-hybridized carbons (Fsp3) is 0.366. The van der Waals surface area contributed by atoms with Crippen molar-refractivity contribution in [1.82, 2.24) is 0 Å². The number of fused-ring (bicyclic) bond motifs is 4. The monoisotopic (exact) mass is 1090 g/mol. The molecule has 432 valence electrons. The van der Waals surface area contributed by atoms with Gasteiger partial charge < -0.3 is 0 Å². The minimum atomic E-state index is -0.105. The molecule has 8 aromatic rings. The van der Waals surface area contributed by atoms with E-state index in [-0.39, 0.29) is 25.7 Å². The van der Waals surface area contributed by atoms with Gasteiger partial charge in [-0.15, -0.1) is 37.0 Å². The van der Waals surface area contributed by atoms with E-state index in [1.807, 2.05) is 69.3 Å². The zero-order chi connectivity index (χ0) is 60.2. The largest absolute Gasteiger partial charge is 0.119 e. The summed E-state index contributed by atoms with van der Waals surface area (Å²) >= 11 is 0. The van der Waals surface area contributed by atoms with E-state index < -0.39 is 0 Å². The smallest absolute Gasteiger partial charge is 0.0480 e. The predicted molar refractivity (Wildman–Crippen MR) is 374 cm³/mol. The Labute approximate surface area is 504 Å². The molecule has 3 atom stereocenters. The van der Waals surface area contributed by atoms with Crippen LogP contribution < -0.4 is 0 Å². The number of hydrogen-bond donors (Lipinski definition) is 0. The van der Waals surface area contributed by atoms with Crippen LogP contribution in [0.1, 0.15) is 198 Å². The molecule has 0 heteroatoms. The summed E-state index contributed by atoms with van der Waals surface area (Å²) in [5.74, 6) is 27.4. The lowest BCUT2D eigenvalue weighted by atomic mass is 9.49. The van der Waals surface area contributed by atoms with Crippen LogP contribution >= 0.6 is 0 Å². The average Bonchev–Trinajstić information content (AvgIpc) is 3.44. The summed E-state index contributed by atoms with van der Waals surface area (Å²) in [5.41, 5.74) is 6.46. The number of rotatable bonds is 0. The number of terminal acetylenes is 3. The van der Waals surface area contributed by atoms with Crippen LogP contribution in [0.4, 0.5) is 0 Å². The van der Waals surface area contributed by atoms with Crippen molar-refractivity contribution in [1.29, 1.82) is 0 Å². The average molecular weight is 1090 g/mol. The van der Waals surface area contributed by atoms with Crippen LogP contribution in [-0.4, -0.2) is 0 Å². The lowest BCUT2D eigenvalue weighted by Gasteiger charge is -2.53. The van der Waals surface area contributed by atoms with E-state index in [0.717, 1.165) is 45.9 Å². The van der Waals surface area contributed by atoms with E-state index in [0.29, 0.717) is 11.3 Å². The first-order valence-electron chi connectivity index (χ1n) is 29.0. The third-order valence-electron chi connectivity index (χ3n) is 13.3. The fourth-order valence-electron chi connectivity index (χ4n) is 9.02. The van der Waals surface area contributed by atoms with Gasteiger partial charge in [-0.05, 0) is 139 Å². The highest BCUT2D eigenvalue weighted by molar-refractivity contribution is 5.91. The van der Waals surface area contributed by atoms with Crippen molar-refractivity contribution >= 4 is 43.1 Å². The maximum Gasteiger partial charge on any atom is 0.0480 e.